The molecule has 4 unspecified atom stereocenters. The molecule has 0 fully saturated rings. The van der Waals surface area contributed by atoms with Gasteiger partial charge in [0.2, 0.25) is 0 Å². The minimum Gasteiger partial charge on any atom is -0.385 e. The molecule has 2 heterocycles. The van der Waals surface area contributed by atoms with E-state index in [9.17, 15) is 28.4 Å². The van der Waals surface area contributed by atoms with Gasteiger partial charge < -0.3 is 20.8 Å². The maximum Gasteiger partial charge on any atom is 0.354 e. The molecule has 2 aromatic carbocycles. The van der Waals surface area contributed by atoms with E-state index in [1.54, 1.807) is 0 Å². The molecule has 7 N–H and O–H groups in total. The van der Waals surface area contributed by atoms with Gasteiger partial charge in [0.05, 0.1) is 11.2 Å². The van der Waals surface area contributed by atoms with Crippen LogP contribution in [-0.2, 0) is 76.0 Å². The minimum atomic E-state index is -4.00. The molecule has 63 heavy (non-hydrogen) atoms. The highest BCUT2D eigenvalue weighted by molar-refractivity contribution is 7.95. The molecule has 8 rings (SSSR count). The van der Waals surface area contributed by atoms with E-state index in [1.165, 1.54) is 27.7 Å². The predicted molar refractivity (Wildman–Crippen MR) is 249 cm³/mol. The number of thiophene rings is 2. The van der Waals surface area contributed by atoms with E-state index >= 15 is 8.60 Å². The molecular weight excluding hydrogens is 903 g/mol. The normalized spacial score (nSPS) is 20.0. The molecular formula is C44H56F2N6O6S4Si. The summed E-state index contributed by atoms with van der Waals surface area (Å²) in [4.78, 5) is 28.2. The second-order valence-electron chi connectivity index (χ2n) is 20.0. The Hall–Kier alpha value is -3.40. The van der Waals surface area contributed by atoms with Gasteiger partial charge in [-0.2, -0.15) is 0 Å². The van der Waals surface area contributed by atoms with E-state index in [4.69, 9.17) is 5.14 Å². The number of aliphatic hydroxyl groups is 2. The summed E-state index contributed by atoms with van der Waals surface area (Å²) in [5.41, 5.74) is 6.88. The number of amides is 4. The Kier molecular flexibility index (Phi) is 11.4. The van der Waals surface area contributed by atoms with Gasteiger partial charge in [-0.3, -0.25) is 0 Å². The summed E-state index contributed by atoms with van der Waals surface area (Å²) >= 11 is 1.56. The number of nitrogens with two attached hydrogens (primary N) is 1. The number of rotatable bonds is 9. The number of nitrogens with one attached hydrogen (secondary N) is 3. The summed E-state index contributed by atoms with van der Waals surface area (Å²) in [7, 11) is -10.5. The average molecular weight is 959 g/mol. The van der Waals surface area contributed by atoms with Gasteiger partial charge in [-0.25, -0.2) is 36.3 Å². The number of hydrogen-bond acceptors (Lipinski definition) is 8. The Labute approximate surface area is 377 Å². The van der Waals surface area contributed by atoms with Gasteiger partial charge in [-0.15, -0.1) is 31.4 Å². The fourth-order valence-corrected chi connectivity index (χ4v) is 18.5. The third kappa shape index (κ3) is 8.50. The van der Waals surface area contributed by atoms with Gasteiger partial charge in [0.15, 0.2) is 39.9 Å². The smallest absolute Gasteiger partial charge is 0.354 e. The Morgan fingerprint density at radius 2 is 1.29 bits per heavy atom. The zero-order valence-electron chi connectivity index (χ0n) is 37.0. The number of nitrogens with zero attached hydrogens (tertiary/aromatic N) is 2. The Morgan fingerprint density at radius 1 is 0.730 bits per heavy atom. The lowest BCUT2D eigenvalue weighted by Crippen LogP contribution is -2.54. The molecule has 4 aliphatic rings. The number of anilines is 2. The van der Waals surface area contributed by atoms with Crippen LogP contribution in [-0.4, -0.2) is 38.9 Å². The number of aryl methyl sites for hydroxylation is 2. The second-order valence-corrected chi connectivity index (χ2v) is 31.6. The predicted octanol–water partition coefficient (Wildman–Crippen LogP) is 9.69. The largest absolute Gasteiger partial charge is 0.385 e. The zero-order chi connectivity index (χ0) is 46.0. The summed E-state index contributed by atoms with van der Waals surface area (Å²) in [6.45, 7) is 15.9. The molecule has 0 bridgehead atoms. The topological polar surface area (TPSA) is 196 Å². The lowest BCUT2D eigenvalue weighted by atomic mass is 9.67. The van der Waals surface area contributed by atoms with E-state index in [2.05, 4.69) is 35.9 Å². The zero-order valence-corrected chi connectivity index (χ0v) is 41.3. The number of carbonyl (C=O) groups excluding carboxylic acids is 2. The first-order chi connectivity index (χ1) is 29.1. The van der Waals surface area contributed by atoms with Crippen molar-refractivity contribution in [3.05, 3.63) is 90.2 Å². The van der Waals surface area contributed by atoms with Crippen molar-refractivity contribution in [2.24, 2.45) is 19.8 Å². The second kappa shape index (κ2) is 15.6. The van der Waals surface area contributed by atoms with Gasteiger partial charge in [-0.05, 0) is 153 Å². The van der Waals surface area contributed by atoms with Crippen LogP contribution in [0, 0.1) is 17.6 Å². The van der Waals surface area contributed by atoms with Crippen molar-refractivity contribution in [2.75, 3.05) is 10.6 Å². The van der Waals surface area contributed by atoms with Crippen LogP contribution in [0.25, 0.3) is 0 Å². The molecule has 0 saturated carbocycles. The van der Waals surface area contributed by atoms with E-state index in [-0.39, 0.29) is 30.8 Å². The number of fused-ring (bicyclic) bond motifs is 4. The maximum absolute atomic E-state index is 15.8. The molecule has 0 radical (unpaired) electrons. The third-order valence-electron chi connectivity index (χ3n) is 13.4. The van der Waals surface area contributed by atoms with Crippen molar-refractivity contribution in [3.8, 4) is 0 Å². The number of carbonyl (C=O) groups is 2. The monoisotopic (exact) mass is 958 g/mol. The maximum atomic E-state index is 15.8. The summed E-state index contributed by atoms with van der Waals surface area (Å²) in [5.74, 6) is -1.58. The van der Waals surface area contributed by atoms with Gasteiger partial charge in [0.1, 0.15) is 8.24 Å². The molecule has 12 nitrogen and oxygen atoms in total. The highest BCUT2D eigenvalue weighted by atomic mass is 32.2. The minimum absolute atomic E-state index is 0.0279. The van der Waals surface area contributed by atoms with Crippen molar-refractivity contribution < 1.29 is 37.0 Å². The molecule has 0 saturated heterocycles. The number of benzene rings is 2. The lowest BCUT2D eigenvalue weighted by molar-refractivity contribution is 0.0817. The van der Waals surface area contributed by atoms with Gasteiger partial charge in [0, 0.05) is 21.1 Å². The number of urea groups is 2. The Bertz CT molecular complexity index is 2870. The summed E-state index contributed by atoms with van der Waals surface area (Å²) < 4.78 is 70.0. The van der Waals surface area contributed by atoms with Crippen LogP contribution >= 0.6 is 22.7 Å². The van der Waals surface area contributed by atoms with Crippen molar-refractivity contribution >= 4 is 74.2 Å². The molecule has 0 spiro atoms. The quantitative estimate of drug-likeness (QED) is 0.0904. The van der Waals surface area contributed by atoms with Crippen molar-refractivity contribution in [1.29, 1.82) is 0 Å². The van der Waals surface area contributed by atoms with Gasteiger partial charge >= 0.3 is 12.1 Å². The molecule has 19 heteroatoms. The molecule has 340 valence electrons. The average Bonchev–Trinajstić information content (AvgIpc) is 3.91. The van der Waals surface area contributed by atoms with Crippen LogP contribution in [0.3, 0.4) is 0 Å². The lowest BCUT2D eigenvalue weighted by Gasteiger charge is -2.38. The first kappa shape index (κ1) is 46.1. The standard InChI is InChI=1S/C44H56F2N6O6S4Si/c1-42(2,3)63(8,9)52-62(58,39-32(46)21-34(60-39)44(6,7)56)51-41(54)48-36-28-14-13-23(28)15-24-17-25(18-30(24)36)29-19-26-16-22-11-10-12-27(22)37(35(26)29)49-40(53)50-61(47,57)38-31(45)20-33(59-38)43(4,5)55/h15-16,20-21,25,29,55-56H,10-14,17-19H2,1-9H3,(H3,47,49,50,53,57)(H2,48,51,52,54,58). The molecule has 4 aromatic rings. The van der Waals surface area contributed by atoms with Crippen LogP contribution in [0.1, 0.15) is 115 Å². The van der Waals surface area contributed by atoms with Gasteiger partial charge in [-0.1, -0.05) is 46.0 Å². The fourth-order valence-electron chi connectivity index (χ4n) is 8.96. The van der Waals surface area contributed by atoms with Crippen LogP contribution in [0.5, 0.6) is 0 Å². The van der Waals surface area contributed by atoms with Crippen LogP contribution in [0.15, 0.2) is 41.4 Å². The number of halogens is 2. The van der Waals surface area contributed by atoms with E-state index in [1.807, 2.05) is 33.9 Å². The summed E-state index contributed by atoms with van der Waals surface area (Å²) in [6, 6.07) is 4.82. The Balaban J connectivity index is 1.10. The highest BCUT2D eigenvalue weighted by Gasteiger charge is 2.44. The summed E-state index contributed by atoms with van der Waals surface area (Å²) in [6.07, 6.45) is 6.17. The van der Waals surface area contributed by atoms with E-state index < -0.39 is 67.2 Å². The molecule has 2 aromatic heterocycles. The van der Waals surface area contributed by atoms with Gasteiger partial charge in [0.25, 0.3) is 0 Å². The van der Waals surface area contributed by atoms with E-state index in [0.29, 0.717) is 35.6 Å². The molecule has 4 aliphatic carbocycles. The highest BCUT2D eigenvalue weighted by Crippen LogP contribution is 2.54. The SMILES string of the molecule is CC(C)(O)c1cc(F)c(S(N)(=O)=NC(=O)Nc2c3c(cc4c2C(C2Cc5cc6c(c(NC(=O)N=S(=O)(N[Si](C)(C)C(C)(C)C)c7sc(C(C)(C)O)cc7F)c5C2)CC6)C4)CCC3)s1. The van der Waals surface area contributed by atoms with Crippen molar-refractivity contribution in [1.82, 2.24) is 4.39 Å². The fraction of sp³-hybridized carbons (Fsp3) is 0.500. The third-order valence-corrected chi connectivity index (χ3v) is 26.9. The molecule has 4 amide bonds. The van der Waals surface area contributed by atoms with Crippen LogP contribution in [0.2, 0.25) is 18.1 Å². The van der Waals surface area contributed by atoms with E-state index in [0.717, 1.165) is 107 Å². The van der Waals surface area contributed by atoms with Crippen LogP contribution in [0.4, 0.5) is 29.7 Å². The summed E-state index contributed by atoms with van der Waals surface area (Å²) in [5, 5.41) is 32.7. The van der Waals surface area contributed by atoms with Crippen molar-refractivity contribution in [2.45, 2.75) is 144 Å². The van der Waals surface area contributed by atoms with Crippen LogP contribution < -0.4 is 20.2 Å². The number of hydrogen-bond donors (Lipinski definition) is 6. The first-order valence-corrected chi connectivity index (χ1v) is 28.9. The molecule has 0 aliphatic heterocycles. The Morgan fingerprint density at radius 3 is 1.87 bits per heavy atom. The first-order valence-electron chi connectivity index (χ1n) is 21.2. The molecule has 4 atom stereocenters. The van der Waals surface area contributed by atoms with Crippen molar-refractivity contribution in [3.63, 3.8) is 0 Å².